The Kier molecular flexibility index (Phi) is 3.90. The van der Waals surface area contributed by atoms with Crippen LogP contribution in [0.15, 0.2) is 36.7 Å². The molecule has 1 fully saturated rings. The zero-order chi connectivity index (χ0) is 16.5. The van der Waals surface area contributed by atoms with Crippen LogP contribution in [0, 0.1) is 13.8 Å². The number of hydrogen-bond acceptors (Lipinski definition) is 5. The van der Waals surface area contributed by atoms with Crippen LogP contribution >= 0.6 is 0 Å². The summed E-state index contributed by atoms with van der Waals surface area (Å²) < 4.78 is 2.25. The van der Waals surface area contributed by atoms with Gasteiger partial charge in [-0.2, -0.15) is 0 Å². The van der Waals surface area contributed by atoms with E-state index in [1.54, 1.807) is 0 Å². The number of imidazole rings is 1. The van der Waals surface area contributed by atoms with Crippen molar-refractivity contribution in [2.75, 3.05) is 31.1 Å². The minimum absolute atomic E-state index is 0.830. The van der Waals surface area contributed by atoms with Crippen LogP contribution in [0.5, 0.6) is 0 Å². The van der Waals surface area contributed by atoms with Gasteiger partial charge in [-0.15, -0.1) is 0 Å². The average Bonchev–Trinajstić information content (AvgIpc) is 3.00. The van der Waals surface area contributed by atoms with Crippen molar-refractivity contribution in [3.8, 4) is 0 Å². The van der Waals surface area contributed by atoms with Crippen molar-refractivity contribution < 1.29 is 0 Å². The lowest BCUT2D eigenvalue weighted by atomic mass is 10.3. The van der Waals surface area contributed by atoms with E-state index in [0.717, 1.165) is 50.0 Å². The highest BCUT2D eigenvalue weighted by Crippen LogP contribution is 2.16. The van der Waals surface area contributed by atoms with Gasteiger partial charge in [0.05, 0.1) is 11.9 Å². The maximum Gasteiger partial charge on any atom is 0.137 e. The fourth-order valence-corrected chi connectivity index (χ4v) is 3.37. The van der Waals surface area contributed by atoms with Gasteiger partial charge < -0.3 is 9.30 Å². The Morgan fingerprint density at radius 3 is 2.62 bits per heavy atom. The van der Waals surface area contributed by atoms with Crippen molar-refractivity contribution in [3.63, 3.8) is 0 Å². The molecular weight excluding hydrogens is 300 g/mol. The summed E-state index contributed by atoms with van der Waals surface area (Å²) in [4.78, 5) is 18.1. The molecular formula is C18H22N6. The molecule has 3 aromatic rings. The van der Waals surface area contributed by atoms with Crippen LogP contribution in [0.1, 0.15) is 17.2 Å². The minimum atomic E-state index is 0.830. The quantitative estimate of drug-likeness (QED) is 0.739. The van der Waals surface area contributed by atoms with E-state index in [1.165, 1.54) is 11.4 Å². The Labute approximate surface area is 141 Å². The highest BCUT2D eigenvalue weighted by atomic mass is 15.3. The summed E-state index contributed by atoms with van der Waals surface area (Å²) in [6.45, 7) is 9.05. The van der Waals surface area contributed by atoms with Crippen molar-refractivity contribution in [2.24, 2.45) is 0 Å². The molecule has 0 aliphatic carbocycles. The van der Waals surface area contributed by atoms with E-state index in [9.17, 15) is 0 Å². The minimum Gasteiger partial charge on any atom is -0.354 e. The summed E-state index contributed by atoms with van der Waals surface area (Å²) in [5, 5.41) is 0. The molecule has 0 amide bonds. The second-order valence-corrected chi connectivity index (χ2v) is 6.34. The smallest absolute Gasteiger partial charge is 0.137 e. The molecule has 0 N–H and O–H groups in total. The van der Waals surface area contributed by atoms with Gasteiger partial charge in [-0.3, -0.25) is 4.90 Å². The van der Waals surface area contributed by atoms with Crippen LogP contribution in [0.2, 0.25) is 0 Å². The number of fused-ring (bicyclic) bond motifs is 1. The van der Waals surface area contributed by atoms with Crippen molar-refractivity contribution in [1.82, 2.24) is 24.3 Å². The molecule has 0 saturated carbocycles. The monoisotopic (exact) mass is 322 g/mol. The molecule has 6 nitrogen and oxygen atoms in total. The van der Waals surface area contributed by atoms with Crippen molar-refractivity contribution in [1.29, 1.82) is 0 Å². The number of nitrogens with zero attached hydrogens (tertiary/aromatic N) is 6. The van der Waals surface area contributed by atoms with E-state index in [4.69, 9.17) is 0 Å². The summed E-state index contributed by atoms with van der Waals surface area (Å²) >= 11 is 0. The molecule has 4 rings (SSSR count). The molecule has 0 spiro atoms. The molecule has 3 aromatic heterocycles. The van der Waals surface area contributed by atoms with Gasteiger partial charge in [0.1, 0.15) is 17.3 Å². The first-order valence-electron chi connectivity index (χ1n) is 8.39. The Bertz CT molecular complexity index is 848. The number of aromatic nitrogens is 4. The molecule has 1 saturated heterocycles. The Hall–Kier alpha value is -2.47. The Morgan fingerprint density at radius 2 is 1.83 bits per heavy atom. The number of pyridine rings is 1. The van der Waals surface area contributed by atoms with E-state index >= 15 is 0 Å². The third kappa shape index (κ3) is 2.85. The van der Waals surface area contributed by atoms with Gasteiger partial charge in [0.2, 0.25) is 0 Å². The summed E-state index contributed by atoms with van der Waals surface area (Å²) in [6.07, 6.45) is 3.84. The summed E-state index contributed by atoms with van der Waals surface area (Å²) in [5.74, 6) is 1.86. The second-order valence-electron chi connectivity index (χ2n) is 6.34. The molecule has 0 atom stereocenters. The zero-order valence-corrected chi connectivity index (χ0v) is 14.2. The third-order valence-corrected chi connectivity index (χ3v) is 4.64. The van der Waals surface area contributed by atoms with E-state index in [1.807, 2.05) is 25.4 Å². The van der Waals surface area contributed by atoms with Crippen LogP contribution in [0.3, 0.4) is 0 Å². The highest BCUT2D eigenvalue weighted by Gasteiger charge is 2.19. The van der Waals surface area contributed by atoms with Gasteiger partial charge in [0.25, 0.3) is 0 Å². The lowest BCUT2D eigenvalue weighted by Gasteiger charge is -2.35. The fraction of sp³-hybridized carbons (Fsp3) is 0.389. The molecule has 0 aromatic carbocycles. The molecule has 24 heavy (non-hydrogen) atoms. The van der Waals surface area contributed by atoms with Gasteiger partial charge in [0, 0.05) is 44.6 Å². The first-order valence-corrected chi connectivity index (χ1v) is 8.39. The van der Waals surface area contributed by atoms with E-state index in [0.29, 0.717) is 0 Å². The van der Waals surface area contributed by atoms with E-state index in [2.05, 4.69) is 54.3 Å². The first kappa shape index (κ1) is 15.1. The van der Waals surface area contributed by atoms with E-state index in [-0.39, 0.29) is 0 Å². The summed E-state index contributed by atoms with van der Waals surface area (Å²) in [7, 11) is 0. The normalized spacial score (nSPS) is 16.0. The predicted octanol–water partition coefficient (Wildman–Crippen LogP) is 2.06. The molecule has 6 heteroatoms. The number of rotatable bonds is 3. The topological polar surface area (TPSA) is 49.6 Å². The van der Waals surface area contributed by atoms with Gasteiger partial charge in [0.15, 0.2) is 0 Å². The molecule has 1 aliphatic rings. The fourth-order valence-electron chi connectivity index (χ4n) is 3.37. The lowest BCUT2D eigenvalue weighted by Crippen LogP contribution is -2.46. The number of anilines is 1. The van der Waals surface area contributed by atoms with Crippen LogP contribution in [-0.2, 0) is 6.54 Å². The van der Waals surface area contributed by atoms with Crippen LogP contribution in [0.4, 0.5) is 5.82 Å². The van der Waals surface area contributed by atoms with Crippen LogP contribution < -0.4 is 4.90 Å². The summed E-state index contributed by atoms with van der Waals surface area (Å²) in [6, 6.07) is 8.25. The highest BCUT2D eigenvalue weighted by molar-refractivity contribution is 5.42. The average molecular weight is 322 g/mol. The Morgan fingerprint density at radius 1 is 1.00 bits per heavy atom. The van der Waals surface area contributed by atoms with Gasteiger partial charge >= 0.3 is 0 Å². The zero-order valence-electron chi connectivity index (χ0n) is 14.2. The maximum absolute atomic E-state index is 4.53. The molecule has 0 unspecified atom stereocenters. The van der Waals surface area contributed by atoms with Crippen LogP contribution in [0.25, 0.3) is 5.65 Å². The van der Waals surface area contributed by atoms with Crippen molar-refractivity contribution >= 4 is 11.5 Å². The summed E-state index contributed by atoms with van der Waals surface area (Å²) in [5.41, 5.74) is 3.52. The Balaban J connectivity index is 1.44. The number of hydrogen-bond donors (Lipinski definition) is 0. The van der Waals surface area contributed by atoms with Gasteiger partial charge in [-0.05, 0) is 32.0 Å². The SMILES string of the molecule is Cc1nccc(N2CCN(Cc3cnc4cccc(C)n34)CC2)n1. The molecule has 4 heterocycles. The van der Waals surface area contributed by atoms with Crippen LogP contribution in [-0.4, -0.2) is 50.4 Å². The second kappa shape index (κ2) is 6.20. The molecule has 1 aliphatic heterocycles. The van der Waals surface area contributed by atoms with Crippen molar-refractivity contribution in [3.05, 3.63) is 53.9 Å². The molecule has 0 radical (unpaired) electrons. The standard InChI is InChI=1S/C18H22N6/c1-14-4-3-5-17-20-12-16(24(14)17)13-22-8-10-23(11-9-22)18-6-7-19-15(2)21-18/h3-7,12H,8-11,13H2,1-2H3. The predicted molar refractivity (Wildman–Crippen MR) is 94.2 cm³/mol. The number of piperazine rings is 1. The first-order chi connectivity index (χ1) is 11.7. The molecule has 0 bridgehead atoms. The largest absolute Gasteiger partial charge is 0.354 e. The lowest BCUT2D eigenvalue weighted by molar-refractivity contribution is 0.246. The van der Waals surface area contributed by atoms with Crippen molar-refractivity contribution in [2.45, 2.75) is 20.4 Å². The van der Waals surface area contributed by atoms with Gasteiger partial charge in [-0.25, -0.2) is 15.0 Å². The third-order valence-electron chi connectivity index (χ3n) is 4.64. The molecule has 124 valence electrons. The maximum atomic E-state index is 4.53. The number of aryl methyl sites for hydroxylation is 2. The van der Waals surface area contributed by atoms with Gasteiger partial charge in [-0.1, -0.05) is 6.07 Å². The van der Waals surface area contributed by atoms with E-state index < -0.39 is 0 Å².